The van der Waals surface area contributed by atoms with E-state index in [0.717, 1.165) is 0 Å². The molecule has 0 saturated carbocycles. The molecule has 5 heteroatoms. The van der Waals surface area contributed by atoms with E-state index < -0.39 is 18.0 Å². The Hall–Kier alpha value is -0.470. The molecule has 0 bridgehead atoms. The molecule has 0 aliphatic carbocycles. The smallest absolute Gasteiger partial charge is 0.331 e. The predicted octanol–water partition coefficient (Wildman–Crippen LogP) is -0.792. The average molecular weight is 147 g/mol. The molecule has 9 heavy (non-hydrogen) atoms. The van der Waals surface area contributed by atoms with Gasteiger partial charge in [-0.1, -0.05) is 9.39 Å². The van der Waals surface area contributed by atoms with E-state index in [1.807, 2.05) is 0 Å². The van der Waals surface area contributed by atoms with E-state index in [9.17, 15) is 9.59 Å². The highest BCUT2D eigenvalue weighted by atomic mass is 31.0. The average Bonchev–Trinajstić information content (AvgIpc) is 2.10. The van der Waals surface area contributed by atoms with Gasteiger partial charge in [-0.05, 0) is 0 Å². The zero-order chi connectivity index (χ0) is 6.85. The Bertz CT molecular complexity index is 158. The fourth-order valence-electron chi connectivity index (χ4n) is 0.602. The second-order valence-electron chi connectivity index (χ2n) is 1.72. The lowest BCUT2D eigenvalue weighted by atomic mass is 10.3. The van der Waals surface area contributed by atoms with Crippen molar-refractivity contribution in [2.45, 2.75) is 12.5 Å². The number of ether oxygens (including phenoxy) is 1. The fraction of sp³-hybridized carbons (Fsp3) is 0.500. The van der Waals surface area contributed by atoms with Crippen LogP contribution in [0.4, 0.5) is 0 Å². The number of rotatable bonds is 1. The third-order valence-corrected chi connectivity index (χ3v) is 1.47. The summed E-state index contributed by atoms with van der Waals surface area (Å²) < 4.78 is 4.21. The molecule has 0 aromatic heterocycles. The van der Waals surface area contributed by atoms with Gasteiger partial charge in [0.2, 0.25) is 0 Å². The van der Waals surface area contributed by atoms with E-state index in [4.69, 9.17) is 0 Å². The van der Waals surface area contributed by atoms with Crippen LogP contribution in [0.15, 0.2) is 0 Å². The molecule has 2 unspecified atom stereocenters. The van der Waals surface area contributed by atoms with Crippen molar-refractivity contribution in [3.8, 4) is 0 Å². The highest BCUT2D eigenvalue weighted by Crippen LogP contribution is 2.07. The van der Waals surface area contributed by atoms with E-state index in [1.165, 1.54) is 0 Å². The highest BCUT2D eigenvalue weighted by molar-refractivity contribution is 7.13. The van der Waals surface area contributed by atoms with E-state index in [-0.39, 0.29) is 6.42 Å². The summed E-state index contributed by atoms with van der Waals surface area (Å²) in [7, 11) is 2.16. The van der Waals surface area contributed by atoms with Crippen LogP contribution in [0.3, 0.4) is 0 Å². The van der Waals surface area contributed by atoms with E-state index >= 15 is 0 Å². The van der Waals surface area contributed by atoms with Crippen LogP contribution in [0.5, 0.6) is 0 Å². The molecule has 4 nitrogen and oxygen atoms in total. The van der Waals surface area contributed by atoms with Crippen molar-refractivity contribution >= 4 is 21.3 Å². The number of nitrogens with one attached hydrogen (secondary N) is 1. The molecule has 1 N–H and O–H groups in total. The molecule has 50 valence electrons. The van der Waals surface area contributed by atoms with E-state index in [1.54, 1.807) is 0 Å². The molecule has 1 saturated heterocycles. The van der Waals surface area contributed by atoms with Crippen LogP contribution in [-0.4, -0.2) is 18.0 Å². The van der Waals surface area contributed by atoms with Gasteiger partial charge >= 0.3 is 11.9 Å². The lowest BCUT2D eigenvalue weighted by Crippen LogP contribution is -2.24. The van der Waals surface area contributed by atoms with Crippen LogP contribution >= 0.6 is 9.39 Å². The molecule has 0 spiro atoms. The number of carbonyl (C=O) groups is 2. The first-order chi connectivity index (χ1) is 4.24. The molecule has 0 aromatic carbocycles. The van der Waals surface area contributed by atoms with Crippen LogP contribution in [-0.2, 0) is 14.3 Å². The standard InChI is InChI=1S/C4H6NO3P/c6-3-1-2(5-9)4(7)8-3/h2,5H,1,9H2. The topological polar surface area (TPSA) is 55.4 Å². The van der Waals surface area contributed by atoms with Gasteiger partial charge < -0.3 is 4.74 Å². The Morgan fingerprint density at radius 1 is 1.67 bits per heavy atom. The molecule has 0 aromatic rings. The van der Waals surface area contributed by atoms with E-state index in [0.29, 0.717) is 0 Å². The lowest BCUT2D eigenvalue weighted by molar-refractivity contribution is -0.152. The van der Waals surface area contributed by atoms with Gasteiger partial charge in [-0.3, -0.25) is 9.88 Å². The summed E-state index contributed by atoms with van der Waals surface area (Å²) in [5.74, 6) is -0.949. The number of carbonyl (C=O) groups excluding carboxylic acids is 2. The third kappa shape index (κ3) is 1.26. The molecule has 1 fully saturated rings. The summed E-state index contributed by atoms with van der Waals surface area (Å²) in [5, 5.41) is 2.57. The second-order valence-corrected chi connectivity index (χ2v) is 2.05. The molecule has 1 aliphatic heterocycles. The largest absolute Gasteiger partial charge is 0.392 e. The Labute approximate surface area is 54.2 Å². The van der Waals surface area contributed by atoms with Gasteiger partial charge in [-0.25, -0.2) is 4.79 Å². The number of cyclic esters (lactones) is 2. The monoisotopic (exact) mass is 147 g/mol. The van der Waals surface area contributed by atoms with Crippen molar-refractivity contribution in [3.05, 3.63) is 0 Å². The summed E-state index contributed by atoms with van der Waals surface area (Å²) >= 11 is 0. The summed E-state index contributed by atoms with van der Waals surface area (Å²) in [5.41, 5.74) is 0. The van der Waals surface area contributed by atoms with Gasteiger partial charge in [0.25, 0.3) is 0 Å². The van der Waals surface area contributed by atoms with Crippen molar-refractivity contribution < 1.29 is 14.3 Å². The van der Waals surface area contributed by atoms with Gasteiger partial charge in [0, 0.05) is 0 Å². The Kier molecular flexibility index (Phi) is 1.78. The van der Waals surface area contributed by atoms with Crippen LogP contribution < -0.4 is 5.09 Å². The Morgan fingerprint density at radius 2 is 2.33 bits per heavy atom. The van der Waals surface area contributed by atoms with Gasteiger partial charge in [-0.2, -0.15) is 0 Å². The molecule has 1 aliphatic rings. The van der Waals surface area contributed by atoms with Crippen molar-refractivity contribution in [1.29, 1.82) is 0 Å². The van der Waals surface area contributed by atoms with Crippen LogP contribution in [0, 0.1) is 0 Å². The molecule has 1 heterocycles. The first-order valence-corrected chi connectivity index (χ1v) is 3.02. The van der Waals surface area contributed by atoms with Crippen LogP contribution in [0.2, 0.25) is 0 Å². The van der Waals surface area contributed by atoms with Gasteiger partial charge in [-0.15, -0.1) is 0 Å². The third-order valence-electron chi connectivity index (χ3n) is 1.07. The van der Waals surface area contributed by atoms with Gasteiger partial charge in [0.05, 0.1) is 6.42 Å². The zero-order valence-electron chi connectivity index (χ0n) is 4.59. The maximum absolute atomic E-state index is 10.5. The zero-order valence-corrected chi connectivity index (χ0v) is 5.74. The second kappa shape index (κ2) is 2.42. The van der Waals surface area contributed by atoms with Crippen molar-refractivity contribution in [2.75, 3.05) is 0 Å². The Morgan fingerprint density at radius 3 is 2.56 bits per heavy atom. The minimum atomic E-state index is -0.491. The molecule has 0 radical (unpaired) electrons. The molecule has 0 amide bonds. The maximum atomic E-state index is 10.5. The molecular weight excluding hydrogens is 141 g/mol. The number of esters is 2. The lowest BCUT2D eigenvalue weighted by Gasteiger charge is -1.97. The maximum Gasteiger partial charge on any atom is 0.331 e. The fourth-order valence-corrected chi connectivity index (χ4v) is 0.856. The predicted molar refractivity (Wildman–Crippen MR) is 32.3 cm³/mol. The minimum Gasteiger partial charge on any atom is -0.392 e. The highest BCUT2D eigenvalue weighted by Gasteiger charge is 2.31. The quantitative estimate of drug-likeness (QED) is 0.300. The summed E-state index contributed by atoms with van der Waals surface area (Å²) in [4.78, 5) is 20.8. The van der Waals surface area contributed by atoms with Crippen LogP contribution in [0.1, 0.15) is 6.42 Å². The summed E-state index contributed by atoms with van der Waals surface area (Å²) in [6, 6.07) is -0.456. The number of hydrogen-bond donors (Lipinski definition) is 1. The minimum absolute atomic E-state index is 0.141. The molecule has 2 atom stereocenters. The van der Waals surface area contributed by atoms with E-state index in [2.05, 4.69) is 19.2 Å². The summed E-state index contributed by atoms with van der Waals surface area (Å²) in [6.07, 6.45) is 0.141. The van der Waals surface area contributed by atoms with Crippen molar-refractivity contribution in [2.24, 2.45) is 0 Å². The van der Waals surface area contributed by atoms with Gasteiger partial charge in [0.1, 0.15) is 6.04 Å². The SMILES string of the molecule is O=C1CC(NP)C(=O)O1. The summed E-state index contributed by atoms with van der Waals surface area (Å²) in [6.45, 7) is 0. The van der Waals surface area contributed by atoms with Gasteiger partial charge in [0.15, 0.2) is 0 Å². The first-order valence-electron chi connectivity index (χ1n) is 2.44. The van der Waals surface area contributed by atoms with Crippen molar-refractivity contribution in [3.63, 3.8) is 0 Å². The number of hydrogen-bond acceptors (Lipinski definition) is 4. The van der Waals surface area contributed by atoms with Crippen LogP contribution in [0.25, 0.3) is 0 Å². The van der Waals surface area contributed by atoms with Crippen molar-refractivity contribution in [1.82, 2.24) is 5.09 Å². The molecule has 1 rings (SSSR count). The molecular formula is C4H6NO3P. The Balaban J connectivity index is 2.58. The normalized spacial score (nSPS) is 26.6. The first kappa shape index (κ1) is 6.65.